The molecule has 0 spiro atoms. The maximum atomic E-state index is 9.83. The van der Waals surface area contributed by atoms with Crippen molar-refractivity contribution in [1.29, 1.82) is 0 Å². The van der Waals surface area contributed by atoms with Gasteiger partial charge in [-0.25, -0.2) is 0 Å². The number of piperazine rings is 1. The van der Waals surface area contributed by atoms with Gasteiger partial charge in [-0.15, -0.1) is 0 Å². The van der Waals surface area contributed by atoms with Crippen molar-refractivity contribution in [3.05, 3.63) is 0 Å². The Morgan fingerprint density at radius 2 is 1.89 bits per heavy atom. The number of nitrogens with two attached hydrogens (primary N) is 1. The summed E-state index contributed by atoms with van der Waals surface area (Å²) < 4.78 is 0. The Bertz CT molecular complexity index is 294. The lowest BCUT2D eigenvalue weighted by molar-refractivity contribution is 0.0110. The van der Waals surface area contributed by atoms with Crippen molar-refractivity contribution >= 4 is 5.84 Å². The Morgan fingerprint density at radius 3 is 2.32 bits per heavy atom. The van der Waals surface area contributed by atoms with E-state index < -0.39 is 5.60 Å². The van der Waals surface area contributed by atoms with Crippen LogP contribution in [0.2, 0.25) is 0 Å². The fourth-order valence-electron chi connectivity index (χ4n) is 2.65. The summed E-state index contributed by atoms with van der Waals surface area (Å²) in [7, 11) is 0. The van der Waals surface area contributed by atoms with Gasteiger partial charge in [0.25, 0.3) is 0 Å². The second-order valence-corrected chi connectivity index (χ2v) is 5.98. The van der Waals surface area contributed by atoms with Crippen LogP contribution in [0.1, 0.15) is 33.6 Å². The summed E-state index contributed by atoms with van der Waals surface area (Å²) in [5.41, 5.74) is 4.96. The summed E-state index contributed by atoms with van der Waals surface area (Å²) in [6.45, 7) is 10.4. The Labute approximate surface area is 115 Å². The molecule has 4 N–H and O–H groups in total. The van der Waals surface area contributed by atoms with E-state index in [9.17, 15) is 5.11 Å². The van der Waals surface area contributed by atoms with Gasteiger partial charge in [-0.3, -0.25) is 9.80 Å². The number of aliphatic hydroxyl groups is 1. The number of oxime groups is 1. The third-order valence-electron chi connectivity index (χ3n) is 3.58. The lowest BCUT2D eigenvalue weighted by Crippen LogP contribution is -2.53. The van der Waals surface area contributed by atoms with E-state index >= 15 is 0 Å². The molecule has 0 aromatic heterocycles. The van der Waals surface area contributed by atoms with Gasteiger partial charge in [-0.05, 0) is 20.3 Å². The van der Waals surface area contributed by atoms with E-state index in [-0.39, 0.29) is 0 Å². The van der Waals surface area contributed by atoms with Gasteiger partial charge in [-0.1, -0.05) is 12.1 Å². The summed E-state index contributed by atoms with van der Waals surface area (Å²) in [5, 5.41) is 21.5. The molecule has 0 amide bonds. The fourth-order valence-corrected chi connectivity index (χ4v) is 2.65. The molecule has 0 radical (unpaired) electrons. The predicted molar refractivity (Wildman–Crippen MR) is 76.4 cm³/mol. The topological polar surface area (TPSA) is 85.3 Å². The molecule has 1 unspecified atom stereocenters. The second kappa shape index (κ2) is 7.07. The largest absolute Gasteiger partial charge is 0.409 e. The van der Waals surface area contributed by atoms with Crippen LogP contribution in [0.4, 0.5) is 0 Å². The Hall–Kier alpha value is -0.850. The molecular formula is C13H28N4O2. The maximum absolute atomic E-state index is 9.83. The SMILES string of the molecule is CCC(CC(N)=NO)N1CCN(CC(C)(C)O)CC1. The van der Waals surface area contributed by atoms with Gasteiger partial charge in [-0.2, -0.15) is 0 Å². The van der Waals surface area contributed by atoms with Crippen LogP contribution in [0.15, 0.2) is 5.16 Å². The normalized spacial score (nSPS) is 21.6. The fraction of sp³-hybridized carbons (Fsp3) is 0.923. The number of β-amino-alcohol motifs (C(OH)–C–C–N with tert-alkyl or cyclic N) is 1. The standard InChI is InChI=1S/C13H28N4O2/c1-4-11(9-12(14)15-19)17-7-5-16(6-8-17)10-13(2,3)18/h11,18-19H,4-10H2,1-3H3,(H2,14,15). The van der Waals surface area contributed by atoms with Crippen molar-refractivity contribution in [3.8, 4) is 0 Å². The molecule has 1 aliphatic rings. The third kappa shape index (κ3) is 5.76. The van der Waals surface area contributed by atoms with Gasteiger partial charge in [0.2, 0.25) is 0 Å². The van der Waals surface area contributed by atoms with Gasteiger partial charge < -0.3 is 16.0 Å². The zero-order chi connectivity index (χ0) is 14.5. The lowest BCUT2D eigenvalue weighted by atomic mass is 10.1. The van der Waals surface area contributed by atoms with Crippen LogP contribution in [-0.4, -0.2) is 70.3 Å². The van der Waals surface area contributed by atoms with Gasteiger partial charge >= 0.3 is 0 Å². The van der Waals surface area contributed by atoms with Crippen LogP contribution in [-0.2, 0) is 0 Å². The second-order valence-electron chi connectivity index (χ2n) is 5.98. The first kappa shape index (κ1) is 16.2. The molecule has 0 bridgehead atoms. The van der Waals surface area contributed by atoms with E-state index in [2.05, 4.69) is 21.9 Å². The molecule has 1 fully saturated rings. The molecule has 0 aliphatic carbocycles. The Kier molecular flexibility index (Phi) is 6.03. The number of nitrogens with zero attached hydrogens (tertiary/aromatic N) is 3. The molecule has 1 atom stereocenters. The van der Waals surface area contributed by atoms with E-state index in [4.69, 9.17) is 10.9 Å². The summed E-state index contributed by atoms with van der Waals surface area (Å²) in [6, 6.07) is 0.334. The van der Waals surface area contributed by atoms with Gasteiger partial charge in [0.15, 0.2) is 0 Å². The molecule has 0 aromatic rings. The molecule has 6 heteroatoms. The third-order valence-corrected chi connectivity index (χ3v) is 3.58. The predicted octanol–water partition coefficient (Wildman–Crippen LogP) is 0.290. The highest BCUT2D eigenvalue weighted by atomic mass is 16.4. The molecule has 1 rings (SSSR count). The minimum absolute atomic E-state index is 0.297. The monoisotopic (exact) mass is 272 g/mol. The number of rotatable bonds is 6. The number of hydrogen-bond acceptors (Lipinski definition) is 5. The smallest absolute Gasteiger partial charge is 0.140 e. The molecule has 19 heavy (non-hydrogen) atoms. The summed E-state index contributed by atoms with van der Waals surface area (Å²) in [6.07, 6.45) is 1.60. The lowest BCUT2D eigenvalue weighted by Gasteiger charge is -2.40. The molecule has 6 nitrogen and oxygen atoms in total. The summed E-state index contributed by atoms with van der Waals surface area (Å²) >= 11 is 0. The quantitative estimate of drug-likeness (QED) is 0.280. The number of hydrogen-bond donors (Lipinski definition) is 3. The Balaban J connectivity index is 2.43. The van der Waals surface area contributed by atoms with Gasteiger partial charge in [0.05, 0.1) is 5.60 Å². The molecule has 112 valence electrons. The molecule has 0 aromatic carbocycles. The first-order valence-electron chi connectivity index (χ1n) is 7.01. The van der Waals surface area contributed by atoms with Crippen LogP contribution < -0.4 is 5.73 Å². The van der Waals surface area contributed by atoms with E-state index in [0.29, 0.717) is 24.8 Å². The minimum Gasteiger partial charge on any atom is -0.409 e. The van der Waals surface area contributed by atoms with Gasteiger partial charge in [0, 0.05) is 45.2 Å². The average Bonchev–Trinajstić information content (AvgIpc) is 2.35. The molecule has 1 aliphatic heterocycles. The zero-order valence-electron chi connectivity index (χ0n) is 12.3. The average molecular weight is 272 g/mol. The van der Waals surface area contributed by atoms with E-state index in [1.54, 1.807) is 0 Å². The van der Waals surface area contributed by atoms with Gasteiger partial charge in [0.1, 0.15) is 5.84 Å². The van der Waals surface area contributed by atoms with Crippen molar-refractivity contribution in [1.82, 2.24) is 9.80 Å². The van der Waals surface area contributed by atoms with Crippen LogP contribution in [0.3, 0.4) is 0 Å². The van der Waals surface area contributed by atoms with E-state index in [1.807, 2.05) is 13.8 Å². The van der Waals surface area contributed by atoms with E-state index in [1.165, 1.54) is 0 Å². The Morgan fingerprint density at radius 1 is 1.32 bits per heavy atom. The molecule has 0 saturated carbocycles. The first-order valence-corrected chi connectivity index (χ1v) is 7.01. The van der Waals surface area contributed by atoms with Crippen molar-refractivity contribution in [2.24, 2.45) is 10.9 Å². The summed E-state index contributed by atoms with van der Waals surface area (Å²) in [5.74, 6) is 0.297. The minimum atomic E-state index is -0.639. The molecular weight excluding hydrogens is 244 g/mol. The highest BCUT2D eigenvalue weighted by molar-refractivity contribution is 5.80. The van der Waals surface area contributed by atoms with Crippen molar-refractivity contribution < 1.29 is 10.3 Å². The first-order chi connectivity index (χ1) is 8.85. The number of amidine groups is 1. The molecule has 1 saturated heterocycles. The maximum Gasteiger partial charge on any atom is 0.140 e. The van der Waals surface area contributed by atoms with Crippen LogP contribution in [0.5, 0.6) is 0 Å². The highest BCUT2D eigenvalue weighted by Crippen LogP contribution is 2.14. The van der Waals surface area contributed by atoms with Crippen molar-refractivity contribution in [2.45, 2.75) is 45.3 Å². The van der Waals surface area contributed by atoms with Crippen LogP contribution in [0, 0.1) is 0 Å². The highest BCUT2D eigenvalue weighted by Gasteiger charge is 2.26. The van der Waals surface area contributed by atoms with Crippen molar-refractivity contribution in [3.63, 3.8) is 0 Å². The zero-order valence-corrected chi connectivity index (χ0v) is 12.3. The van der Waals surface area contributed by atoms with E-state index in [0.717, 1.165) is 32.6 Å². The molecule has 1 heterocycles. The van der Waals surface area contributed by atoms with Crippen LogP contribution in [0.25, 0.3) is 0 Å². The summed E-state index contributed by atoms with van der Waals surface area (Å²) in [4.78, 5) is 4.67. The van der Waals surface area contributed by atoms with Crippen LogP contribution >= 0.6 is 0 Å². The van der Waals surface area contributed by atoms with Crippen molar-refractivity contribution in [2.75, 3.05) is 32.7 Å².